The van der Waals surface area contributed by atoms with E-state index in [-0.39, 0.29) is 23.7 Å². The Balaban J connectivity index is 3.27. The Hall–Kier alpha value is -2.03. The van der Waals surface area contributed by atoms with Gasteiger partial charge in [-0.25, -0.2) is 0 Å². The maximum absolute atomic E-state index is 12.2. The molecule has 1 aromatic rings. The first-order valence-electron chi connectivity index (χ1n) is 5.01. The van der Waals surface area contributed by atoms with Crippen molar-refractivity contribution in [2.45, 2.75) is 19.3 Å². The Morgan fingerprint density at radius 2 is 2.16 bits per heavy atom. The van der Waals surface area contributed by atoms with Crippen LogP contribution in [0, 0.1) is 0 Å². The van der Waals surface area contributed by atoms with E-state index < -0.39 is 24.5 Å². The molecule has 0 amide bonds. The standard InChI is InChI=1S/C10H11F3N2O4/c1-18-9-6(4-14)15-5(3-8(16)17)2-7(9)19-10(11,12)13/h2H,3-4,14H2,1H3,(H,16,17). The number of carboxylic acid groups (broad SMARTS) is 1. The fourth-order valence-electron chi connectivity index (χ4n) is 1.42. The molecule has 0 spiro atoms. The lowest BCUT2D eigenvalue weighted by atomic mass is 10.2. The van der Waals surface area contributed by atoms with E-state index in [2.05, 4.69) is 9.72 Å². The van der Waals surface area contributed by atoms with Crippen LogP contribution in [0.25, 0.3) is 0 Å². The Morgan fingerprint density at radius 1 is 1.53 bits per heavy atom. The maximum atomic E-state index is 12.2. The van der Waals surface area contributed by atoms with E-state index in [0.717, 1.165) is 13.2 Å². The van der Waals surface area contributed by atoms with Crippen LogP contribution < -0.4 is 15.2 Å². The van der Waals surface area contributed by atoms with Crippen molar-refractivity contribution in [2.24, 2.45) is 5.73 Å². The van der Waals surface area contributed by atoms with Crippen molar-refractivity contribution in [1.82, 2.24) is 4.98 Å². The Labute approximate surface area is 105 Å². The van der Waals surface area contributed by atoms with Gasteiger partial charge in [0, 0.05) is 12.6 Å². The van der Waals surface area contributed by atoms with Gasteiger partial charge < -0.3 is 20.3 Å². The first-order chi connectivity index (χ1) is 8.76. The van der Waals surface area contributed by atoms with Gasteiger partial charge in [0.2, 0.25) is 0 Å². The summed E-state index contributed by atoms with van der Waals surface area (Å²) in [5.74, 6) is -2.17. The number of nitrogens with two attached hydrogens (primary N) is 1. The van der Waals surface area contributed by atoms with Crippen LogP contribution >= 0.6 is 0 Å². The minimum atomic E-state index is -4.93. The lowest BCUT2D eigenvalue weighted by molar-refractivity contribution is -0.275. The van der Waals surface area contributed by atoms with E-state index in [1.54, 1.807) is 0 Å². The molecule has 0 fully saturated rings. The van der Waals surface area contributed by atoms with Gasteiger partial charge in [0.1, 0.15) is 5.69 Å². The lowest BCUT2D eigenvalue weighted by Gasteiger charge is -2.15. The van der Waals surface area contributed by atoms with E-state index in [0.29, 0.717) is 0 Å². The van der Waals surface area contributed by atoms with Gasteiger partial charge >= 0.3 is 12.3 Å². The molecule has 9 heteroatoms. The minimum Gasteiger partial charge on any atom is -0.491 e. The molecule has 1 heterocycles. The third-order valence-electron chi connectivity index (χ3n) is 2.02. The summed E-state index contributed by atoms with van der Waals surface area (Å²) in [6.07, 6.45) is -5.48. The monoisotopic (exact) mass is 280 g/mol. The summed E-state index contributed by atoms with van der Waals surface area (Å²) < 4.78 is 45.3. The quantitative estimate of drug-likeness (QED) is 0.838. The number of pyridine rings is 1. The number of carbonyl (C=O) groups is 1. The Kier molecular flexibility index (Phi) is 4.54. The third kappa shape index (κ3) is 4.28. The van der Waals surface area contributed by atoms with Crippen LogP contribution in [-0.4, -0.2) is 29.5 Å². The zero-order valence-electron chi connectivity index (χ0n) is 9.82. The molecule has 106 valence electrons. The number of aromatic nitrogens is 1. The summed E-state index contributed by atoms with van der Waals surface area (Å²) in [5, 5.41) is 8.61. The van der Waals surface area contributed by atoms with Crippen molar-refractivity contribution in [3.63, 3.8) is 0 Å². The molecule has 1 rings (SSSR count). The van der Waals surface area contributed by atoms with Crippen LogP contribution in [0.3, 0.4) is 0 Å². The van der Waals surface area contributed by atoms with E-state index in [1.807, 2.05) is 0 Å². The molecule has 0 aromatic carbocycles. The SMILES string of the molecule is COc1c(OC(F)(F)F)cc(CC(=O)O)nc1CN. The second-order valence-electron chi connectivity index (χ2n) is 3.41. The molecular weight excluding hydrogens is 269 g/mol. The normalized spacial score (nSPS) is 11.2. The van der Waals surface area contributed by atoms with Crippen LogP contribution in [0.2, 0.25) is 0 Å². The number of aliphatic carboxylic acids is 1. The summed E-state index contributed by atoms with van der Waals surface area (Å²) >= 11 is 0. The molecular formula is C10H11F3N2O4. The highest BCUT2D eigenvalue weighted by Crippen LogP contribution is 2.34. The van der Waals surface area contributed by atoms with Crippen molar-refractivity contribution in [3.8, 4) is 11.5 Å². The molecule has 0 aliphatic heterocycles. The summed E-state index contributed by atoms with van der Waals surface area (Å²) in [7, 11) is 1.14. The molecule has 0 unspecified atom stereocenters. The number of ether oxygens (including phenoxy) is 2. The van der Waals surface area contributed by atoms with Crippen molar-refractivity contribution >= 4 is 5.97 Å². The van der Waals surface area contributed by atoms with Gasteiger partial charge in [-0.2, -0.15) is 0 Å². The molecule has 1 aromatic heterocycles. The average Bonchev–Trinajstić information content (AvgIpc) is 2.25. The Bertz CT molecular complexity index is 477. The first kappa shape index (κ1) is 15.0. The van der Waals surface area contributed by atoms with Crippen LogP contribution in [0.1, 0.15) is 11.4 Å². The van der Waals surface area contributed by atoms with Gasteiger partial charge in [-0.1, -0.05) is 0 Å². The van der Waals surface area contributed by atoms with Gasteiger partial charge in [0.25, 0.3) is 0 Å². The molecule has 0 atom stereocenters. The van der Waals surface area contributed by atoms with Crippen LogP contribution in [0.5, 0.6) is 11.5 Å². The Morgan fingerprint density at radius 3 is 2.58 bits per heavy atom. The summed E-state index contributed by atoms with van der Waals surface area (Å²) in [5.41, 5.74) is 5.21. The van der Waals surface area contributed by atoms with Gasteiger partial charge in [-0.05, 0) is 0 Å². The largest absolute Gasteiger partial charge is 0.573 e. The number of hydrogen-bond acceptors (Lipinski definition) is 5. The van der Waals surface area contributed by atoms with E-state index in [9.17, 15) is 18.0 Å². The average molecular weight is 280 g/mol. The molecule has 0 bridgehead atoms. The fraction of sp³-hybridized carbons (Fsp3) is 0.400. The van der Waals surface area contributed by atoms with Crippen molar-refractivity contribution in [3.05, 3.63) is 17.5 Å². The van der Waals surface area contributed by atoms with Crippen LogP contribution in [-0.2, 0) is 17.8 Å². The smallest absolute Gasteiger partial charge is 0.491 e. The molecule has 0 saturated carbocycles. The highest BCUT2D eigenvalue weighted by atomic mass is 19.4. The zero-order valence-corrected chi connectivity index (χ0v) is 9.82. The number of alkyl halides is 3. The van der Waals surface area contributed by atoms with Gasteiger partial charge in [-0.3, -0.25) is 9.78 Å². The first-order valence-corrected chi connectivity index (χ1v) is 5.01. The van der Waals surface area contributed by atoms with Gasteiger partial charge in [-0.15, -0.1) is 13.2 Å². The van der Waals surface area contributed by atoms with Crippen LogP contribution in [0.15, 0.2) is 6.07 Å². The molecule has 19 heavy (non-hydrogen) atoms. The number of halogens is 3. The summed E-state index contributed by atoms with van der Waals surface area (Å²) in [6, 6.07) is 0.861. The summed E-state index contributed by atoms with van der Waals surface area (Å²) in [6.45, 7) is -0.217. The van der Waals surface area contributed by atoms with Crippen LogP contribution in [0.4, 0.5) is 13.2 Å². The predicted molar refractivity (Wildman–Crippen MR) is 56.7 cm³/mol. The molecule has 0 radical (unpaired) electrons. The van der Waals surface area contributed by atoms with Crippen molar-refractivity contribution in [1.29, 1.82) is 0 Å². The van der Waals surface area contributed by atoms with E-state index in [1.165, 1.54) is 0 Å². The number of nitrogens with zero attached hydrogens (tertiary/aromatic N) is 1. The lowest BCUT2D eigenvalue weighted by Crippen LogP contribution is -2.19. The third-order valence-corrected chi connectivity index (χ3v) is 2.02. The van der Waals surface area contributed by atoms with E-state index in [4.69, 9.17) is 15.6 Å². The maximum Gasteiger partial charge on any atom is 0.573 e. The van der Waals surface area contributed by atoms with Gasteiger partial charge in [0.15, 0.2) is 11.5 Å². The van der Waals surface area contributed by atoms with Crippen molar-refractivity contribution < 1.29 is 32.5 Å². The minimum absolute atomic E-state index is 0.0134. The topological polar surface area (TPSA) is 94.7 Å². The molecule has 3 N–H and O–H groups in total. The molecule has 0 aliphatic carbocycles. The molecule has 0 aliphatic rings. The fourth-order valence-corrected chi connectivity index (χ4v) is 1.42. The zero-order chi connectivity index (χ0) is 14.6. The van der Waals surface area contributed by atoms with E-state index >= 15 is 0 Å². The highest BCUT2D eigenvalue weighted by molar-refractivity contribution is 5.70. The highest BCUT2D eigenvalue weighted by Gasteiger charge is 2.33. The molecule has 6 nitrogen and oxygen atoms in total. The predicted octanol–water partition coefficient (Wildman–Crippen LogP) is 1.07. The van der Waals surface area contributed by atoms with Gasteiger partial charge in [0.05, 0.1) is 19.2 Å². The number of carboxylic acids is 1. The second kappa shape index (κ2) is 5.74. The van der Waals surface area contributed by atoms with Crippen molar-refractivity contribution in [2.75, 3.05) is 7.11 Å². The molecule has 0 saturated heterocycles. The number of methoxy groups -OCH3 is 1. The second-order valence-corrected chi connectivity index (χ2v) is 3.41. The summed E-state index contributed by atoms with van der Waals surface area (Å²) in [4.78, 5) is 14.4. The number of rotatable bonds is 5. The number of hydrogen-bond donors (Lipinski definition) is 2.